The Balaban J connectivity index is 1.83. The van der Waals surface area contributed by atoms with E-state index in [4.69, 9.17) is 14.9 Å². The number of methoxy groups -OCH3 is 1. The van der Waals surface area contributed by atoms with Gasteiger partial charge in [-0.2, -0.15) is 0 Å². The van der Waals surface area contributed by atoms with E-state index in [9.17, 15) is 23.2 Å². The van der Waals surface area contributed by atoms with Crippen LogP contribution >= 0.6 is 0 Å². The van der Waals surface area contributed by atoms with E-state index in [2.05, 4.69) is 5.32 Å². The molecule has 30 heavy (non-hydrogen) atoms. The van der Waals surface area contributed by atoms with Gasteiger partial charge in [0, 0.05) is 30.0 Å². The molecule has 0 saturated heterocycles. The van der Waals surface area contributed by atoms with Gasteiger partial charge in [0.15, 0.2) is 0 Å². The summed E-state index contributed by atoms with van der Waals surface area (Å²) in [6.07, 6.45) is -0.494. The minimum absolute atomic E-state index is 0.0324. The normalized spacial score (nSPS) is 11.8. The Morgan fingerprint density at radius 2 is 1.90 bits per heavy atom. The highest BCUT2D eigenvalue weighted by Crippen LogP contribution is 2.23. The molecule has 0 saturated carbocycles. The summed E-state index contributed by atoms with van der Waals surface area (Å²) >= 11 is 0. The van der Waals surface area contributed by atoms with Crippen LogP contribution in [-0.4, -0.2) is 25.0 Å². The quantitative estimate of drug-likeness (QED) is 0.571. The highest BCUT2D eigenvalue weighted by atomic mass is 19.1. The molecule has 3 N–H and O–H groups in total. The van der Waals surface area contributed by atoms with E-state index in [0.29, 0.717) is 22.8 Å². The van der Waals surface area contributed by atoms with Crippen molar-refractivity contribution < 1.29 is 27.5 Å². The van der Waals surface area contributed by atoms with Crippen LogP contribution in [0.1, 0.15) is 11.1 Å². The first-order valence-electron chi connectivity index (χ1n) is 8.90. The smallest absolute Gasteiger partial charge is 0.336 e. The second-order valence-corrected chi connectivity index (χ2v) is 6.59. The van der Waals surface area contributed by atoms with E-state index < -0.39 is 41.5 Å². The van der Waals surface area contributed by atoms with Crippen molar-refractivity contribution in [2.75, 3.05) is 7.11 Å². The molecule has 0 unspecified atom stereocenters. The number of benzene rings is 2. The third kappa shape index (κ3) is 4.80. The van der Waals surface area contributed by atoms with Gasteiger partial charge < -0.3 is 20.2 Å². The van der Waals surface area contributed by atoms with Crippen molar-refractivity contribution in [3.05, 3.63) is 75.6 Å². The maximum atomic E-state index is 13.8. The monoisotopic (exact) mass is 416 g/mol. The number of hydrogen-bond donors (Lipinski definition) is 2. The lowest BCUT2D eigenvalue weighted by atomic mass is 10.0. The zero-order chi connectivity index (χ0) is 21.8. The number of amides is 2. The molecule has 0 aliphatic carbocycles. The molecule has 1 aromatic heterocycles. The van der Waals surface area contributed by atoms with E-state index in [-0.39, 0.29) is 17.6 Å². The van der Waals surface area contributed by atoms with Gasteiger partial charge in [-0.1, -0.05) is 6.07 Å². The Labute approximate surface area is 169 Å². The van der Waals surface area contributed by atoms with Crippen LogP contribution in [0.15, 0.2) is 51.7 Å². The van der Waals surface area contributed by atoms with Crippen LogP contribution in [0, 0.1) is 11.6 Å². The fraction of sp³-hybridized carbons (Fsp3) is 0.190. The summed E-state index contributed by atoms with van der Waals surface area (Å²) in [6, 6.07) is 7.71. The molecule has 0 radical (unpaired) electrons. The fourth-order valence-electron chi connectivity index (χ4n) is 3.03. The number of carbonyl (C=O) groups is 2. The molecule has 9 heteroatoms. The SMILES string of the molecule is COc1ccc2c(C[C@H](NC(=O)Cc3ccc(F)cc3F)C(N)=O)cc(=O)oc2c1. The maximum Gasteiger partial charge on any atom is 0.336 e. The largest absolute Gasteiger partial charge is 0.497 e. The van der Waals surface area contributed by atoms with Gasteiger partial charge in [0.2, 0.25) is 11.8 Å². The lowest BCUT2D eigenvalue weighted by Gasteiger charge is -2.17. The van der Waals surface area contributed by atoms with Gasteiger partial charge in [-0.3, -0.25) is 9.59 Å². The second kappa shape index (κ2) is 8.73. The van der Waals surface area contributed by atoms with Crippen LogP contribution in [0.4, 0.5) is 8.78 Å². The molecule has 3 rings (SSSR count). The molecule has 156 valence electrons. The summed E-state index contributed by atoms with van der Waals surface area (Å²) in [4.78, 5) is 36.1. The summed E-state index contributed by atoms with van der Waals surface area (Å²) in [5, 5.41) is 2.97. The molecule has 1 heterocycles. The molecule has 1 atom stereocenters. The average molecular weight is 416 g/mol. The van der Waals surface area contributed by atoms with Crippen LogP contribution < -0.4 is 21.4 Å². The van der Waals surface area contributed by atoms with E-state index in [0.717, 1.165) is 12.1 Å². The summed E-state index contributed by atoms with van der Waals surface area (Å²) in [6.45, 7) is 0. The fourth-order valence-corrected chi connectivity index (χ4v) is 3.03. The van der Waals surface area contributed by atoms with Crippen molar-refractivity contribution in [2.45, 2.75) is 18.9 Å². The van der Waals surface area contributed by atoms with Gasteiger partial charge in [-0.05, 0) is 29.3 Å². The summed E-state index contributed by atoms with van der Waals surface area (Å²) < 4.78 is 37.0. The molecular weight excluding hydrogens is 398 g/mol. The topological polar surface area (TPSA) is 112 Å². The van der Waals surface area contributed by atoms with Crippen molar-refractivity contribution in [1.29, 1.82) is 0 Å². The lowest BCUT2D eigenvalue weighted by Crippen LogP contribution is -2.46. The lowest BCUT2D eigenvalue weighted by molar-refractivity contribution is -0.127. The Hall–Kier alpha value is -3.75. The van der Waals surface area contributed by atoms with E-state index in [1.165, 1.54) is 19.2 Å². The standard InChI is InChI=1S/C21H18F2N2O5/c1-29-14-4-5-15-12(8-20(27)30-18(15)10-14)6-17(21(24)28)25-19(26)7-11-2-3-13(22)9-16(11)23/h2-5,8-10,17H,6-7H2,1H3,(H2,24,28)(H,25,26)/t17-/m0/s1. The second-order valence-electron chi connectivity index (χ2n) is 6.59. The van der Waals surface area contributed by atoms with Crippen LogP contribution in [0.2, 0.25) is 0 Å². The summed E-state index contributed by atoms with van der Waals surface area (Å²) in [5.74, 6) is -2.68. The Morgan fingerprint density at radius 3 is 2.57 bits per heavy atom. The molecule has 0 bridgehead atoms. The number of nitrogens with two attached hydrogens (primary N) is 1. The predicted octanol–water partition coefficient (Wildman–Crippen LogP) is 1.84. The Bertz CT molecular complexity index is 1180. The molecule has 2 aromatic carbocycles. The van der Waals surface area contributed by atoms with Crippen LogP contribution in [0.3, 0.4) is 0 Å². The van der Waals surface area contributed by atoms with Crippen molar-refractivity contribution in [1.82, 2.24) is 5.32 Å². The highest BCUT2D eigenvalue weighted by molar-refractivity contribution is 5.89. The minimum Gasteiger partial charge on any atom is -0.497 e. The number of rotatable bonds is 7. The number of nitrogens with one attached hydrogen (secondary N) is 1. The molecule has 3 aromatic rings. The van der Waals surface area contributed by atoms with Crippen molar-refractivity contribution >= 4 is 22.8 Å². The molecule has 0 spiro atoms. The zero-order valence-corrected chi connectivity index (χ0v) is 15.9. The van der Waals surface area contributed by atoms with Gasteiger partial charge in [-0.15, -0.1) is 0 Å². The van der Waals surface area contributed by atoms with Crippen LogP contribution in [-0.2, 0) is 22.4 Å². The van der Waals surface area contributed by atoms with Crippen LogP contribution in [0.5, 0.6) is 5.75 Å². The Kier molecular flexibility index (Phi) is 6.10. The number of primary amides is 1. The average Bonchev–Trinajstić information content (AvgIpc) is 2.68. The summed E-state index contributed by atoms with van der Waals surface area (Å²) in [5.41, 5.74) is 5.41. The van der Waals surface area contributed by atoms with Gasteiger partial charge in [0.25, 0.3) is 0 Å². The zero-order valence-electron chi connectivity index (χ0n) is 15.9. The van der Waals surface area contributed by atoms with Crippen LogP contribution in [0.25, 0.3) is 11.0 Å². The predicted molar refractivity (Wildman–Crippen MR) is 104 cm³/mol. The van der Waals surface area contributed by atoms with Gasteiger partial charge >= 0.3 is 5.63 Å². The first-order valence-corrected chi connectivity index (χ1v) is 8.90. The van der Waals surface area contributed by atoms with Gasteiger partial charge in [0.1, 0.15) is 29.0 Å². The number of hydrogen-bond acceptors (Lipinski definition) is 5. The molecule has 2 amide bonds. The van der Waals surface area contributed by atoms with Crippen molar-refractivity contribution in [3.8, 4) is 5.75 Å². The van der Waals surface area contributed by atoms with Crippen molar-refractivity contribution in [3.63, 3.8) is 0 Å². The third-order valence-corrected chi connectivity index (χ3v) is 4.51. The van der Waals surface area contributed by atoms with E-state index in [1.807, 2.05) is 0 Å². The van der Waals surface area contributed by atoms with E-state index in [1.54, 1.807) is 12.1 Å². The third-order valence-electron chi connectivity index (χ3n) is 4.51. The molecule has 7 nitrogen and oxygen atoms in total. The van der Waals surface area contributed by atoms with E-state index >= 15 is 0 Å². The maximum absolute atomic E-state index is 13.8. The number of ether oxygens (including phenoxy) is 1. The first kappa shape index (κ1) is 21.0. The minimum atomic E-state index is -1.16. The molecule has 0 aliphatic heterocycles. The molecule has 0 fully saturated rings. The molecule has 0 aliphatic rings. The Morgan fingerprint density at radius 1 is 1.13 bits per heavy atom. The number of carbonyl (C=O) groups excluding carboxylic acids is 2. The van der Waals surface area contributed by atoms with Gasteiger partial charge in [-0.25, -0.2) is 13.6 Å². The van der Waals surface area contributed by atoms with Gasteiger partial charge in [0.05, 0.1) is 13.5 Å². The van der Waals surface area contributed by atoms with Crippen molar-refractivity contribution in [2.24, 2.45) is 5.73 Å². The number of fused-ring (bicyclic) bond motifs is 1. The summed E-state index contributed by atoms with van der Waals surface area (Å²) in [7, 11) is 1.46. The highest BCUT2D eigenvalue weighted by Gasteiger charge is 2.21. The first-order chi connectivity index (χ1) is 14.3. The molecular formula is C21H18F2N2O5. The number of halogens is 2.